The van der Waals surface area contributed by atoms with Crippen LogP contribution in [0.5, 0.6) is 0 Å². The van der Waals surface area contributed by atoms with Gasteiger partial charge in [-0.05, 0) is 73.2 Å². The molecule has 0 bridgehead atoms. The number of nitrogens with one attached hydrogen (secondary N) is 1. The smallest absolute Gasteiger partial charge is 0.170 e. The first-order valence-corrected chi connectivity index (χ1v) is 10.7. The van der Waals surface area contributed by atoms with E-state index in [0.29, 0.717) is 0 Å². The monoisotopic (exact) mass is 412 g/mol. The summed E-state index contributed by atoms with van der Waals surface area (Å²) in [6.07, 6.45) is 3.98. The number of fused-ring (bicyclic) bond motifs is 1. The largest absolute Gasteiger partial charge is 0.352 e. The molecule has 1 saturated heterocycles. The van der Waals surface area contributed by atoms with E-state index in [2.05, 4.69) is 100 Å². The minimum atomic E-state index is -0.00444. The van der Waals surface area contributed by atoms with Crippen molar-refractivity contribution in [1.29, 1.82) is 0 Å². The predicted molar refractivity (Wildman–Crippen MR) is 126 cm³/mol. The third kappa shape index (κ3) is 3.15. The lowest BCUT2D eigenvalue weighted by atomic mass is 10.00. The molecule has 0 unspecified atom stereocenters. The zero-order chi connectivity index (χ0) is 20.7. The van der Waals surface area contributed by atoms with Crippen molar-refractivity contribution in [3.8, 4) is 5.69 Å². The molecule has 2 aromatic carbocycles. The van der Waals surface area contributed by atoms with Gasteiger partial charge >= 0.3 is 0 Å². The molecule has 3 heterocycles. The molecule has 0 saturated carbocycles. The van der Waals surface area contributed by atoms with E-state index in [1.54, 1.807) is 0 Å². The molecule has 0 radical (unpaired) electrons. The molecule has 1 N–H and O–H groups in total. The maximum atomic E-state index is 5.75. The average Bonchev–Trinajstić information content (AvgIpc) is 3.38. The fourth-order valence-electron chi connectivity index (χ4n) is 4.43. The summed E-state index contributed by atoms with van der Waals surface area (Å²) in [4.78, 5) is 6.93. The van der Waals surface area contributed by atoms with Gasteiger partial charge in [0.05, 0.1) is 17.8 Å². The lowest BCUT2D eigenvalue weighted by Crippen LogP contribution is -2.36. The van der Waals surface area contributed by atoms with Crippen molar-refractivity contribution in [2.45, 2.75) is 32.0 Å². The third-order valence-corrected chi connectivity index (χ3v) is 6.11. The van der Waals surface area contributed by atoms with E-state index < -0.39 is 0 Å². The van der Waals surface area contributed by atoms with Crippen LogP contribution in [0.3, 0.4) is 0 Å². The number of rotatable bonds is 4. The molecule has 1 fully saturated rings. The van der Waals surface area contributed by atoms with Crippen LogP contribution in [-0.2, 0) is 0 Å². The minimum absolute atomic E-state index is 0.00444. The summed E-state index contributed by atoms with van der Waals surface area (Å²) < 4.78 is 2.28. The van der Waals surface area contributed by atoms with Gasteiger partial charge in [0.2, 0.25) is 0 Å². The van der Waals surface area contributed by atoms with Crippen LogP contribution >= 0.6 is 12.2 Å². The Balaban J connectivity index is 1.64. The first kappa shape index (κ1) is 18.8. The summed E-state index contributed by atoms with van der Waals surface area (Å²) in [5.74, 6) is 0. The molecule has 2 aromatic heterocycles. The standard InChI is InChI=1S/C25H24N4S/c1-17(2)29-24(23(27-25(29)30)21-10-5-6-14-26-21)22-11-7-15-28(22)20-13-12-18-8-3-4-9-19(18)16-20/h3-17,23-24H,1-2H3,(H,27,30)/t23-,24-/m0/s1. The van der Waals surface area contributed by atoms with Crippen molar-refractivity contribution in [2.75, 3.05) is 0 Å². The lowest BCUT2D eigenvalue weighted by Gasteiger charge is -2.31. The second kappa shape index (κ2) is 7.58. The molecule has 0 spiro atoms. The first-order valence-electron chi connectivity index (χ1n) is 10.3. The van der Waals surface area contributed by atoms with Crippen molar-refractivity contribution in [1.82, 2.24) is 19.8 Å². The number of thiocarbonyl (C=S) groups is 1. The second-order valence-electron chi connectivity index (χ2n) is 7.96. The van der Waals surface area contributed by atoms with E-state index in [-0.39, 0.29) is 18.1 Å². The van der Waals surface area contributed by atoms with Crippen molar-refractivity contribution >= 4 is 28.1 Å². The Kier molecular flexibility index (Phi) is 4.75. The van der Waals surface area contributed by atoms with Gasteiger partial charge in [0.1, 0.15) is 0 Å². The van der Waals surface area contributed by atoms with Crippen LogP contribution in [0.4, 0.5) is 0 Å². The second-order valence-corrected chi connectivity index (χ2v) is 8.35. The molecular formula is C25H24N4S. The van der Waals surface area contributed by atoms with E-state index in [0.717, 1.165) is 16.5 Å². The van der Waals surface area contributed by atoms with Crippen LogP contribution < -0.4 is 5.32 Å². The number of aromatic nitrogens is 2. The molecule has 5 rings (SSSR count). The highest BCUT2D eigenvalue weighted by molar-refractivity contribution is 7.80. The molecule has 30 heavy (non-hydrogen) atoms. The van der Waals surface area contributed by atoms with E-state index in [9.17, 15) is 0 Å². The number of hydrogen-bond acceptors (Lipinski definition) is 2. The van der Waals surface area contributed by atoms with Crippen LogP contribution in [0.15, 0.2) is 85.2 Å². The summed E-state index contributed by atoms with van der Waals surface area (Å²) in [6.45, 7) is 4.37. The fraction of sp³-hybridized carbons (Fsp3) is 0.200. The Labute approximate surface area is 182 Å². The zero-order valence-electron chi connectivity index (χ0n) is 17.1. The summed E-state index contributed by atoms with van der Waals surface area (Å²) in [6, 6.07) is 25.7. The van der Waals surface area contributed by atoms with E-state index in [1.165, 1.54) is 16.5 Å². The molecule has 5 heteroatoms. The van der Waals surface area contributed by atoms with Crippen molar-refractivity contribution in [2.24, 2.45) is 0 Å². The zero-order valence-corrected chi connectivity index (χ0v) is 17.9. The van der Waals surface area contributed by atoms with E-state index in [4.69, 9.17) is 12.2 Å². The Morgan fingerprint density at radius 2 is 1.73 bits per heavy atom. The van der Waals surface area contributed by atoms with Gasteiger partial charge in [0.25, 0.3) is 0 Å². The predicted octanol–water partition coefficient (Wildman–Crippen LogP) is 5.41. The number of hydrogen-bond donors (Lipinski definition) is 1. The third-order valence-electron chi connectivity index (χ3n) is 5.79. The quantitative estimate of drug-likeness (QED) is 0.455. The molecule has 0 aliphatic carbocycles. The molecule has 1 aliphatic heterocycles. The van der Waals surface area contributed by atoms with Crippen LogP contribution in [-0.4, -0.2) is 25.6 Å². The number of nitrogens with zero attached hydrogens (tertiary/aromatic N) is 3. The Bertz CT molecular complexity index is 1200. The summed E-state index contributed by atoms with van der Waals surface area (Å²) >= 11 is 5.75. The summed E-state index contributed by atoms with van der Waals surface area (Å²) in [5, 5.41) is 6.78. The highest BCUT2D eigenvalue weighted by atomic mass is 32.1. The van der Waals surface area contributed by atoms with Gasteiger partial charge in [0, 0.05) is 29.8 Å². The number of benzene rings is 2. The van der Waals surface area contributed by atoms with Crippen LogP contribution in [0, 0.1) is 0 Å². The molecular weight excluding hydrogens is 388 g/mol. The maximum Gasteiger partial charge on any atom is 0.170 e. The molecule has 1 aliphatic rings. The van der Waals surface area contributed by atoms with E-state index in [1.807, 2.05) is 18.3 Å². The van der Waals surface area contributed by atoms with E-state index >= 15 is 0 Å². The molecule has 150 valence electrons. The molecule has 0 amide bonds. The Hall–Kier alpha value is -3.18. The average molecular weight is 413 g/mol. The van der Waals surface area contributed by atoms with Crippen LogP contribution in [0.25, 0.3) is 16.5 Å². The topological polar surface area (TPSA) is 33.1 Å². The first-order chi connectivity index (χ1) is 14.6. The van der Waals surface area contributed by atoms with Gasteiger partial charge in [-0.1, -0.05) is 36.4 Å². The van der Waals surface area contributed by atoms with Gasteiger partial charge in [-0.3, -0.25) is 4.98 Å². The molecule has 4 nitrogen and oxygen atoms in total. The fourth-order valence-corrected chi connectivity index (χ4v) is 4.89. The Morgan fingerprint density at radius 3 is 2.50 bits per heavy atom. The minimum Gasteiger partial charge on any atom is -0.352 e. The van der Waals surface area contributed by atoms with Gasteiger partial charge in [-0.2, -0.15) is 0 Å². The van der Waals surface area contributed by atoms with Crippen LogP contribution in [0.1, 0.15) is 37.3 Å². The maximum absolute atomic E-state index is 5.75. The highest BCUT2D eigenvalue weighted by Gasteiger charge is 2.42. The van der Waals surface area contributed by atoms with Gasteiger partial charge in [-0.15, -0.1) is 0 Å². The van der Waals surface area contributed by atoms with Gasteiger partial charge in [-0.25, -0.2) is 0 Å². The van der Waals surface area contributed by atoms with Crippen molar-refractivity contribution in [3.05, 3.63) is 96.6 Å². The molecule has 4 aromatic rings. The van der Waals surface area contributed by atoms with Gasteiger partial charge in [0.15, 0.2) is 5.11 Å². The van der Waals surface area contributed by atoms with Crippen LogP contribution in [0.2, 0.25) is 0 Å². The highest BCUT2D eigenvalue weighted by Crippen LogP contribution is 2.40. The summed E-state index contributed by atoms with van der Waals surface area (Å²) in [7, 11) is 0. The number of pyridine rings is 1. The van der Waals surface area contributed by atoms with Crippen molar-refractivity contribution in [3.63, 3.8) is 0 Å². The normalized spacial score (nSPS) is 18.9. The summed E-state index contributed by atoms with van der Waals surface area (Å²) in [5.41, 5.74) is 3.34. The molecule has 2 atom stereocenters. The van der Waals surface area contributed by atoms with Crippen molar-refractivity contribution < 1.29 is 0 Å². The lowest BCUT2D eigenvalue weighted by molar-refractivity contribution is 0.262. The Morgan fingerprint density at radius 1 is 0.933 bits per heavy atom. The SMILES string of the molecule is CC(C)N1C(=S)N[C@@H](c2ccccn2)[C@@H]1c1cccn1-c1ccc2ccccc2c1. The van der Waals surface area contributed by atoms with Gasteiger partial charge < -0.3 is 14.8 Å².